The lowest BCUT2D eigenvalue weighted by atomic mass is 10.1. The SMILES string of the molecule is CCC(CC)NC(=O)Nc1ccc(N(CC)CC)cc1C. The Morgan fingerprint density at radius 3 is 2.24 bits per heavy atom. The fraction of sp³-hybridized carbons (Fsp3) is 0.588. The number of carbonyl (C=O) groups is 1. The monoisotopic (exact) mass is 291 g/mol. The first-order valence-corrected chi connectivity index (χ1v) is 7.98. The maximum absolute atomic E-state index is 12.0. The molecule has 0 aromatic heterocycles. The molecular formula is C17H29N3O. The van der Waals surface area contributed by atoms with Gasteiger partial charge in [0.15, 0.2) is 0 Å². The summed E-state index contributed by atoms with van der Waals surface area (Å²) in [6.07, 6.45) is 1.90. The van der Waals surface area contributed by atoms with Crippen LogP contribution in [0.2, 0.25) is 0 Å². The minimum atomic E-state index is -0.123. The molecule has 2 amide bonds. The lowest BCUT2D eigenvalue weighted by molar-refractivity contribution is 0.247. The number of rotatable bonds is 7. The molecule has 118 valence electrons. The van der Waals surface area contributed by atoms with Gasteiger partial charge in [0.2, 0.25) is 0 Å². The smallest absolute Gasteiger partial charge is 0.319 e. The molecule has 0 atom stereocenters. The molecule has 0 saturated carbocycles. The van der Waals surface area contributed by atoms with Gasteiger partial charge in [0.25, 0.3) is 0 Å². The van der Waals surface area contributed by atoms with Crippen molar-refractivity contribution in [2.45, 2.75) is 53.5 Å². The van der Waals surface area contributed by atoms with E-state index in [-0.39, 0.29) is 12.1 Å². The summed E-state index contributed by atoms with van der Waals surface area (Å²) in [6.45, 7) is 12.5. The average Bonchev–Trinajstić information content (AvgIpc) is 2.48. The van der Waals surface area contributed by atoms with Crippen LogP contribution in [0.1, 0.15) is 46.1 Å². The highest BCUT2D eigenvalue weighted by Crippen LogP contribution is 2.22. The van der Waals surface area contributed by atoms with Gasteiger partial charge in [-0.15, -0.1) is 0 Å². The van der Waals surface area contributed by atoms with Gasteiger partial charge in [0, 0.05) is 30.5 Å². The summed E-state index contributed by atoms with van der Waals surface area (Å²) in [4.78, 5) is 14.3. The number of benzene rings is 1. The van der Waals surface area contributed by atoms with E-state index in [9.17, 15) is 4.79 Å². The van der Waals surface area contributed by atoms with Crippen LogP contribution < -0.4 is 15.5 Å². The van der Waals surface area contributed by atoms with E-state index >= 15 is 0 Å². The van der Waals surface area contributed by atoms with Crippen molar-refractivity contribution in [3.05, 3.63) is 23.8 Å². The maximum Gasteiger partial charge on any atom is 0.319 e. The van der Waals surface area contributed by atoms with Crippen molar-refractivity contribution in [2.24, 2.45) is 0 Å². The zero-order valence-corrected chi connectivity index (χ0v) is 14.0. The second-order valence-corrected chi connectivity index (χ2v) is 5.28. The molecule has 4 nitrogen and oxygen atoms in total. The number of aryl methyl sites for hydroxylation is 1. The molecule has 1 aromatic carbocycles. The Balaban J connectivity index is 2.74. The predicted octanol–water partition coefficient (Wildman–Crippen LogP) is 4.15. The summed E-state index contributed by atoms with van der Waals surface area (Å²) in [6, 6.07) is 6.28. The molecule has 1 rings (SSSR count). The zero-order valence-electron chi connectivity index (χ0n) is 14.0. The van der Waals surface area contributed by atoms with Crippen molar-refractivity contribution >= 4 is 17.4 Å². The van der Waals surface area contributed by atoms with Crippen LogP contribution in [0, 0.1) is 6.92 Å². The molecule has 0 bridgehead atoms. The van der Waals surface area contributed by atoms with Crippen LogP contribution in [0.15, 0.2) is 18.2 Å². The molecule has 4 heteroatoms. The van der Waals surface area contributed by atoms with Gasteiger partial charge < -0.3 is 15.5 Å². The Kier molecular flexibility index (Phi) is 7.06. The highest BCUT2D eigenvalue weighted by molar-refractivity contribution is 5.90. The van der Waals surface area contributed by atoms with Crippen LogP contribution in [0.25, 0.3) is 0 Å². The molecule has 0 radical (unpaired) electrons. The van der Waals surface area contributed by atoms with Gasteiger partial charge in [0.1, 0.15) is 0 Å². The molecular weight excluding hydrogens is 262 g/mol. The average molecular weight is 291 g/mol. The van der Waals surface area contributed by atoms with Crippen LogP contribution in [-0.2, 0) is 0 Å². The summed E-state index contributed by atoms with van der Waals surface area (Å²) in [7, 11) is 0. The Morgan fingerprint density at radius 1 is 1.14 bits per heavy atom. The lowest BCUT2D eigenvalue weighted by Gasteiger charge is -2.22. The van der Waals surface area contributed by atoms with E-state index < -0.39 is 0 Å². The number of carbonyl (C=O) groups excluding carboxylic acids is 1. The molecule has 0 aliphatic heterocycles. The summed E-state index contributed by atoms with van der Waals surface area (Å²) in [5, 5.41) is 5.93. The Hall–Kier alpha value is -1.71. The fourth-order valence-electron chi connectivity index (χ4n) is 2.41. The van der Waals surface area contributed by atoms with Crippen LogP contribution in [-0.4, -0.2) is 25.2 Å². The largest absolute Gasteiger partial charge is 0.372 e. The topological polar surface area (TPSA) is 44.4 Å². The molecule has 1 aromatic rings. The van der Waals surface area contributed by atoms with E-state index in [0.717, 1.165) is 37.2 Å². The minimum absolute atomic E-state index is 0.123. The van der Waals surface area contributed by atoms with Gasteiger partial charge in [-0.2, -0.15) is 0 Å². The van der Waals surface area contributed by atoms with Gasteiger partial charge >= 0.3 is 6.03 Å². The quantitative estimate of drug-likeness (QED) is 0.792. The van der Waals surface area contributed by atoms with E-state index in [1.54, 1.807) is 0 Å². The van der Waals surface area contributed by atoms with Crippen molar-refractivity contribution < 1.29 is 4.79 Å². The molecule has 0 saturated heterocycles. The molecule has 21 heavy (non-hydrogen) atoms. The Labute approximate surface area is 128 Å². The summed E-state index contributed by atoms with van der Waals surface area (Å²) in [5.74, 6) is 0. The van der Waals surface area contributed by atoms with Crippen LogP contribution in [0.3, 0.4) is 0 Å². The summed E-state index contributed by atoms with van der Waals surface area (Å²) < 4.78 is 0. The number of nitrogens with one attached hydrogen (secondary N) is 2. The zero-order chi connectivity index (χ0) is 15.8. The number of amides is 2. The minimum Gasteiger partial charge on any atom is -0.372 e. The number of anilines is 2. The fourth-order valence-corrected chi connectivity index (χ4v) is 2.41. The van der Waals surface area contributed by atoms with Crippen molar-refractivity contribution in [1.29, 1.82) is 0 Å². The van der Waals surface area contributed by atoms with E-state index in [4.69, 9.17) is 0 Å². The van der Waals surface area contributed by atoms with Crippen molar-refractivity contribution in [3.8, 4) is 0 Å². The molecule has 0 spiro atoms. The Bertz CT molecular complexity index is 451. The van der Waals surface area contributed by atoms with Gasteiger partial charge in [0.05, 0.1) is 0 Å². The van der Waals surface area contributed by atoms with Gasteiger partial charge in [-0.1, -0.05) is 13.8 Å². The van der Waals surface area contributed by atoms with Crippen LogP contribution in [0.4, 0.5) is 16.2 Å². The molecule has 0 heterocycles. The number of urea groups is 1. The highest BCUT2D eigenvalue weighted by atomic mass is 16.2. The number of hydrogen-bond donors (Lipinski definition) is 2. The van der Waals surface area contributed by atoms with E-state index in [1.807, 2.05) is 13.0 Å². The third-order valence-electron chi connectivity index (χ3n) is 3.91. The van der Waals surface area contributed by atoms with Crippen molar-refractivity contribution in [2.75, 3.05) is 23.3 Å². The summed E-state index contributed by atoms with van der Waals surface area (Å²) >= 11 is 0. The van der Waals surface area contributed by atoms with Gasteiger partial charge in [-0.05, 0) is 57.4 Å². The third kappa shape index (κ3) is 4.96. The maximum atomic E-state index is 12.0. The molecule has 2 N–H and O–H groups in total. The first-order valence-electron chi connectivity index (χ1n) is 7.98. The second-order valence-electron chi connectivity index (χ2n) is 5.28. The first kappa shape index (κ1) is 17.3. The highest BCUT2D eigenvalue weighted by Gasteiger charge is 2.10. The summed E-state index contributed by atoms with van der Waals surface area (Å²) in [5.41, 5.74) is 3.15. The van der Waals surface area contributed by atoms with Gasteiger partial charge in [-0.25, -0.2) is 4.79 Å². The molecule has 0 unspecified atom stereocenters. The molecule has 0 fully saturated rings. The number of nitrogens with zero attached hydrogens (tertiary/aromatic N) is 1. The van der Waals surface area contributed by atoms with E-state index in [1.165, 1.54) is 5.69 Å². The standard InChI is InChI=1S/C17H29N3O/c1-6-14(7-2)18-17(21)19-16-11-10-15(12-13(16)5)20(8-3)9-4/h10-12,14H,6-9H2,1-5H3,(H2,18,19,21). The second kappa shape index (κ2) is 8.55. The Morgan fingerprint density at radius 2 is 1.76 bits per heavy atom. The van der Waals surface area contributed by atoms with E-state index in [0.29, 0.717) is 0 Å². The molecule has 0 aliphatic carbocycles. The van der Waals surface area contributed by atoms with Gasteiger partial charge in [-0.3, -0.25) is 0 Å². The van der Waals surface area contributed by atoms with Crippen molar-refractivity contribution in [3.63, 3.8) is 0 Å². The first-order chi connectivity index (χ1) is 10.0. The third-order valence-corrected chi connectivity index (χ3v) is 3.91. The lowest BCUT2D eigenvalue weighted by Crippen LogP contribution is -2.37. The van der Waals surface area contributed by atoms with Crippen LogP contribution in [0.5, 0.6) is 0 Å². The van der Waals surface area contributed by atoms with Crippen LogP contribution >= 0.6 is 0 Å². The predicted molar refractivity (Wildman–Crippen MR) is 91.3 cm³/mol. The number of hydrogen-bond acceptors (Lipinski definition) is 2. The van der Waals surface area contributed by atoms with Crippen molar-refractivity contribution in [1.82, 2.24) is 5.32 Å². The normalized spacial score (nSPS) is 10.6. The molecule has 0 aliphatic rings. The van der Waals surface area contributed by atoms with E-state index in [2.05, 4.69) is 55.4 Å².